The monoisotopic (exact) mass is 377 g/mol. The van der Waals surface area contributed by atoms with Crippen molar-refractivity contribution < 1.29 is 13.2 Å². The van der Waals surface area contributed by atoms with Crippen LogP contribution in [0.1, 0.15) is 17.8 Å². The molecule has 142 valence electrons. The number of rotatable bonds is 3. The molecule has 1 atom stereocenters. The zero-order chi connectivity index (χ0) is 19.2. The van der Waals surface area contributed by atoms with Gasteiger partial charge in [-0.15, -0.1) is 0 Å². The third-order valence-corrected chi connectivity index (χ3v) is 4.85. The van der Waals surface area contributed by atoms with Crippen molar-refractivity contribution in [3.63, 3.8) is 0 Å². The number of anilines is 2. The largest absolute Gasteiger partial charge is 0.433 e. The van der Waals surface area contributed by atoms with Crippen molar-refractivity contribution in [3.05, 3.63) is 36.2 Å². The zero-order valence-electron chi connectivity index (χ0n) is 14.8. The quantitative estimate of drug-likeness (QED) is 0.757. The van der Waals surface area contributed by atoms with Crippen molar-refractivity contribution in [1.82, 2.24) is 24.9 Å². The van der Waals surface area contributed by atoms with Crippen molar-refractivity contribution in [2.75, 3.05) is 29.9 Å². The molecule has 0 bridgehead atoms. The van der Waals surface area contributed by atoms with Crippen molar-refractivity contribution in [3.8, 4) is 0 Å². The maximum atomic E-state index is 12.9. The fourth-order valence-corrected chi connectivity index (χ4v) is 3.43. The molecule has 3 aromatic heterocycles. The molecule has 0 aromatic carbocycles. The summed E-state index contributed by atoms with van der Waals surface area (Å²) in [7, 11) is 1.75. The van der Waals surface area contributed by atoms with E-state index in [0.717, 1.165) is 47.9 Å². The van der Waals surface area contributed by atoms with Gasteiger partial charge in [0.25, 0.3) is 0 Å². The lowest BCUT2D eigenvalue weighted by Gasteiger charge is -2.26. The highest BCUT2D eigenvalue weighted by Crippen LogP contribution is 2.31. The van der Waals surface area contributed by atoms with Crippen LogP contribution in [0.2, 0.25) is 0 Å². The van der Waals surface area contributed by atoms with E-state index in [-0.39, 0.29) is 11.9 Å². The first-order chi connectivity index (χ1) is 12.8. The van der Waals surface area contributed by atoms with Gasteiger partial charge in [0.1, 0.15) is 29.7 Å². The molecule has 1 saturated heterocycles. The van der Waals surface area contributed by atoms with Gasteiger partial charge < -0.3 is 14.8 Å². The normalized spacial score (nSPS) is 17.7. The van der Waals surface area contributed by atoms with Gasteiger partial charge in [0.15, 0.2) is 5.82 Å². The molecule has 1 unspecified atom stereocenters. The Kier molecular flexibility index (Phi) is 4.12. The van der Waals surface area contributed by atoms with Crippen LogP contribution in [-0.2, 0) is 6.18 Å². The molecule has 0 saturated carbocycles. The van der Waals surface area contributed by atoms with Gasteiger partial charge in [-0.1, -0.05) is 0 Å². The summed E-state index contributed by atoms with van der Waals surface area (Å²) in [4.78, 5) is 23.2. The third-order valence-electron chi connectivity index (χ3n) is 4.85. The molecule has 0 amide bonds. The molecule has 7 nitrogen and oxygen atoms in total. The zero-order valence-corrected chi connectivity index (χ0v) is 14.8. The predicted molar refractivity (Wildman–Crippen MR) is 94.7 cm³/mol. The van der Waals surface area contributed by atoms with Gasteiger partial charge >= 0.3 is 6.18 Å². The smallest absolute Gasteiger partial charge is 0.355 e. The van der Waals surface area contributed by atoms with Crippen LogP contribution in [0.5, 0.6) is 0 Å². The molecule has 0 spiro atoms. The second-order valence-corrected chi connectivity index (χ2v) is 6.67. The number of hydrogen-bond acceptors (Lipinski definition) is 6. The van der Waals surface area contributed by atoms with Crippen LogP contribution in [0, 0.1) is 6.92 Å². The van der Waals surface area contributed by atoms with Gasteiger partial charge in [0, 0.05) is 37.9 Å². The topological polar surface area (TPSA) is 73.8 Å². The van der Waals surface area contributed by atoms with Gasteiger partial charge in [0.05, 0.1) is 5.52 Å². The number of nitrogens with one attached hydrogen (secondary N) is 1. The maximum absolute atomic E-state index is 12.9. The molecule has 4 heterocycles. The molecule has 0 radical (unpaired) electrons. The molecule has 27 heavy (non-hydrogen) atoms. The van der Waals surface area contributed by atoms with Crippen molar-refractivity contribution in [2.45, 2.75) is 25.6 Å². The Hall–Kier alpha value is -2.91. The van der Waals surface area contributed by atoms with Crippen LogP contribution >= 0.6 is 0 Å². The molecule has 0 aliphatic carbocycles. The van der Waals surface area contributed by atoms with Crippen LogP contribution < -0.4 is 9.80 Å². The average molecular weight is 377 g/mol. The Morgan fingerprint density at radius 3 is 2.70 bits per heavy atom. The Balaban J connectivity index is 1.56. The summed E-state index contributed by atoms with van der Waals surface area (Å²) in [5.74, 6) is 1.07. The standard InChI is InChI=1S/C17H18F3N7/c1-10-5-12-15(25-10)16(24-8-21-12)27-4-3-11(7-27)26(2)14-6-13(17(18,19)20)22-9-23-14/h5-6,8-9,11,25H,3-4,7H2,1-2H3. The van der Waals surface area contributed by atoms with Crippen LogP contribution in [0.15, 0.2) is 24.8 Å². The summed E-state index contributed by atoms with van der Waals surface area (Å²) in [5, 5.41) is 0. The van der Waals surface area contributed by atoms with E-state index in [2.05, 4.69) is 29.8 Å². The van der Waals surface area contributed by atoms with E-state index in [1.807, 2.05) is 13.0 Å². The van der Waals surface area contributed by atoms with E-state index in [1.165, 1.54) is 6.33 Å². The highest BCUT2D eigenvalue weighted by atomic mass is 19.4. The minimum atomic E-state index is -4.49. The van der Waals surface area contributed by atoms with E-state index < -0.39 is 11.9 Å². The summed E-state index contributed by atoms with van der Waals surface area (Å²) in [6, 6.07) is 2.96. The number of alkyl halides is 3. The number of H-pyrrole nitrogens is 1. The lowest BCUT2D eigenvalue weighted by Crippen LogP contribution is -2.35. The van der Waals surface area contributed by atoms with Crippen LogP contribution in [0.3, 0.4) is 0 Å². The first-order valence-corrected chi connectivity index (χ1v) is 8.50. The van der Waals surface area contributed by atoms with E-state index in [9.17, 15) is 13.2 Å². The highest BCUT2D eigenvalue weighted by molar-refractivity contribution is 5.86. The summed E-state index contributed by atoms with van der Waals surface area (Å²) >= 11 is 0. The van der Waals surface area contributed by atoms with Crippen LogP contribution in [0.25, 0.3) is 11.0 Å². The van der Waals surface area contributed by atoms with Gasteiger partial charge in [0.2, 0.25) is 0 Å². The average Bonchev–Trinajstić information content (AvgIpc) is 3.26. The third kappa shape index (κ3) is 3.26. The van der Waals surface area contributed by atoms with Crippen LogP contribution in [-0.4, -0.2) is 51.1 Å². The Bertz CT molecular complexity index is 969. The Morgan fingerprint density at radius 2 is 1.93 bits per heavy atom. The molecule has 10 heteroatoms. The number of aryl methyl sites for hydroxylation is 1. The molecule has 1 fully saturated rings. The molecule has 1 N–H and O–H groups in total. The fraction of sp³-hybridized carbons (Fsp3) is 0.412. The fourth-order valence-electron chi connectivity index (χ4n) is 3.43. The van der Waals surface area contributed by atoms with Crippen molar-refractivity contribution in [1.29, 1.82) is 0 Å². The summed E-state index contributed by atoms with van der Waals surface area (Å²) < 4.78 is 38.7. The van der Waals surface area contributed by atoms with E-state index in [0.29, 0.717) is 6.54 Å². The number of nitrogens with zero attached hydrogens (tertiary/aromatic N) is 6. The number of hydrogen-bond donors (Lipinski definition) is 1. The number of halogens is 3. The van der Waals surface area contributed by atoms with E-state index in [4.69, 9.17) is 0 Å². The Labute approximate surface area is 153 Å². The molecule has 1 aliphatic heterocycles. The summed E-state index contributed by atoms with van der Waals surface area (Å²) in [6.45, 7) is 3.34. The molecular formula is C17H18F3N7. The SMILES string of the molecule is Cc1cc2ncnc(N3CCC(N(C)c4cc(C(F)(F)F)ncn4)C3)c2[nH]1. The number of fused-ring (bicyclic) bond motifs is 1. The highest BCUT2D eigenvalue weighted by Gasteiger charge is 2.34. The second-order valence-electron chi connectivity index (χ2n) is 6.67. The Morgan fingerprint density at radius 1 is 1.15 bits per heavy atom. The van der Waals surface area contributed by atoms with Crippen molar-refractivity contribution >= 4 is 22.7 Å². The van der Waals surface area contributed by atoms with E-state index >= 15 is 0 Å². The number of aromatic nitrogens is 5. The van der Waals surface area contributed by atoms with Crippen LogP contribution in [0.4, 0.5) is 24.8 Å². The lowest BCUT2D eigenvalue weighted by molar-refractivity contribution is -0.141. The molecular weight excluding hydrogens is 359 g/mol. The summed E-state index contributed by atoms with van der Waals surface area (Å²) in [5.41, 5.74) is 1.79. The summed E-state index contributed by atoms with van der Waals surface area (Å²) in [6.07, 6.45) is -1.22. The predicted octanol–water partition coefficient (Wildman–Crippen LogP) is 2.79. The van der Waals surface area contributed by atoms with Gasteiger partial charge in [-0.25, -0.2) is 19.9 Å². The minimum absolute atomic E-state index is 0.0158. The van der Waals surface area contributed by atoms with Gasteiger partial charge in [-0.3, -0.25) is 0 Å². The molecule has 4 rings (SSSR count). The minimum Gasteiger partial charge on any atom is -0.355 e. The first kappa shape index (κ1) is 17.5. The second kappa shape index (κ2) is 6.36. The van der Waals surface area contributed by atoms with Gasteiger partial charge in [-0.05, 0) is 19.4 Å². The number of aromatic amines is 1. The molecule has 3 aromatic rings. The molecule has 1 aliphatic rings. The first-order valence-electron chi connectivity index (χ1n) is 8.50. The number of likely N-dealkylation sites (N-methyl/N-ethyl adjacent to an activating group) is 1. The lowest BCUT2D eigenvalue weighted by atomic mass is 10.2. The van der Waals surface area contributed by atoms with E-state index in [1.54, 1.807) is 11.9 Å². The maximum Gasteiger partial charge on any atom is 0.433 e. The van der Waals surface area contributed by atoms with Gasteiger partial charge in [-0.2, -0.15) is 13.2 Å². The van der Waals surface area contributed by atoms with Crippen molar-refractivity contribution in [2.24, 2.45) is 0 Å².